The molecule has 1 unspecified atom stereocenters. The number of nitrogens with one attached hydrogen (secondary N) is 1. The smallest absolute Gasteiger partial charge is 0.217 e. The summed E-state index contributed by atoms with van der Waals surface area (Å²) in [7, 11) is 0. The maximum Gasteiger partial charge on any atom is 0.217 e. The molecule has 0 aromatic carbocycles. The van der Waals surface area contributed by atoms with E-state index in [0.29, 0.717) is 0 Å². The maximum atomic E-state index is 11.4. The number of hydrogen-bond donors (Lipinski definition) is 7. The number of carbonyl (C=O) groups excluding carboxylic acids is 1. The third-order valence-electron chi connectivity index (χ3n) is 4.64. The van der Waals surface area contributed by atoms with Gasteiger partial charge in [0.2, 0.25) is 5.91 Å². The lowest BCUT2D eigenvalue weighted by Gasteiger charge is -2.46. The van der Waals surface area contributed by atoms with Gasteiger partial charge in [-0.2, -0.15) is 0 Å². The zero-order valence-corrected chi connectivity index (χ0v) is 14.5. The Labute approximate surface area is 150 Å². The fraction of sp³-hybridized carbons (Fsp3) is 0.933. The molecule has 0 bridgehead atoms. The molecule has 0 spiro atoms. The van der Waals surface area contributed by atoms with Crippen LogP contribution >= 0.6 is 0 Å². The molecule has 2 aliphatic heterocycles. The Bertz CT molecular complexity index is 479. The van der Waals surface area contributed by atoms with Gasteiger partial charge in [0.15, 0.2) is 6.29 Å². The quantitative estimate of drug-likeness (QED) is 0.247. The van der Waals surface area contributed by atoms with Gasteiger partial charge < -0.3 is 50.2 Å². The Hall–Kier alpha value is -0.890. The van der Waals surface area contributed by atoms with E-state index in [1.54, 1.807) is 6.92 Å². The fourth-order valence-corrected chi connectivity index (χ4v) is 3.21. The minimum Gasteiger partial charge on any atom is -0.394 e. The van der Waals surface area contributed by atoms with Crippen molar-refractivity contribution in [2.45, 2.75) is 75.0 Å². The first-order valence-corrected chi connectivity index (χ1v) is 8.38. The zero-order chi connectivity index (χ0) is 19.6. The SMILES string of the molecule is CC(=O)N[C@H]1[C@H](O[C@H]2[C@H](O)[C@H](O)[C@@H](CO)O[C@@H]2C)O[C@H](CO)C(O)[C@H]1O. The normalized spacial score (nSPS) is 46.8. The number of aliphatic hydroxyl groups is 6. The van der Waals surface area contributed by atoms with Gasteiger partial charge in [-0.15, -0.1) is 0 Å². The van der Waals surface area contributed by atoms with Crippen molar-refractivity contribution in [2.24, 2.45) is 0 Å². The third kappa shape index (κ3) is 4.32. The van der Waals surface area contributed by atoms with Crippen molar-refractivity contribution in [3.63, 3.8) is 0 Å². The van der Waals surface area contributed by atoms with Crippen LogP contribution in [0.3, 0.4) is 0 Å². The zero-order valence-electron chi connectivity index (χ0n) is 14.5. The van der Waals surface area contributed by atoms with Gasteiger partial charge in [-0.1, -0.05) is 0 Å². The molecule has 1 amide bonds. The second-order valence-electron chi connectivity index (χ2n) is 6.58. The highest BCUT2D eigenvalue weighted by molar-refractivity contribution is 5.73. The number of carbonyl (C=O) groups is 1. The van der Waals surface area contributed by atoms with Crippen molar-refractivity contribution in [2.75, 3.05) is 13.2 Å². The van der Waals surface area contributed by atoms with Crippen LogP contribution < -0.4 is 5.32 Å². The van der Waals surface area contributed by atoms with E-state index in [4.69, 9.17) is 14.2 Å². The van der Waals surface area contributed by atoms with Gasteiger partial charge in [0, 0.05) is 6.92 Å². The molecule has 2 aliphatic rings. The lowest BCUT2D eigenvalue weighted by atomic mass is 9.94. The van der Waals surface area contributed by atoms with Crippen LogP contribution in [-0.2, 0) is 19.0 Å². The first kappa shape index (κ1) is 21.4. The van der Waals surface area contributed by atoms with Crippen molar-refractivity contribution < 1.29 is 49.6 Å². The van der Waals surface area contributed by atoms with Gasteiger partial charge in [0.1, 0.15) is 48.8 Å². The average Bonchev–Trinajstić information content (AvgIpc) is 2.60. The number of rotatable bonds is 5. The first-order valence-electron chi connectivity index (χ1n) is 8.38. The van der Waals surface area contributed by atoms with Crippen LogP contribution in [0.4, 0.5) is 0 Å². The van der Waals surface area contributed by atoms with Crippen LogP contribution in [0.15, 0.2) is 0 Å². The molecule has 26 heavy (non-hydrogen) atoms. The van der Waals surface area contributed by atoms with Gasteiger partial charge in [-0.25, -0.2) is 0 Å². The van der Waals surface area contributed by atoms with E-state index >= 15 is 0 Å². The van der Waals surface area contributed by atoms with E-state index in [2.05, 4.69) is 5.32 Å². The van der Waals surface area contributed by atoms with Gasteiger partial charge in [-0.05, 0) is 6.92 Å². The van der Waals surface area contributed by atoms with E-state index in [0.717, 1.165) is 0 Å². The molecule has 7 N–H and O–H groups in total. The molecule has 10 atom stereocenters. The molecule has 11 heteroatoms. The summed E-state index contributed by atoms with van der Waals surface area (Å²) in [5, 5.41) is 61.4. The highest BCUT2D eigenvalue weighted by Gasteiger charge is 2.50. The van der Waals surface area contributed by atoms with Gasteiger partial charge in [0.05, 0.1) is 19.3 Å². The first-order chi connectivity index (χ1) is 12.2. The van der Waals surface area contributed by atoms with E-state index in [9.17, 15) is 35.4 Å². The van der Waals surface area contributed by atoms with Crippen LogP contribution in [0.25, 0.3) is 0 Å². The summed E-state index contributed by atoms with van der Waals surface area (Å²) in [5.41, 5.74) is 0. The van der Waals surface area contributed by atoms with Crippen LogP contribution in [-0.4, -0.2) is 111 Å². The summed E-state index contributed by atoms with van der Waals surface area (Å²) >= 11 is 0. The molecule has 0 aliphatic carbocycles. The molecule has 2 rings (SSSR count). The highest BCUT2D eigenvalue weighted by Crippen LogP contribution is 2.29. The molecule has 2 saturated heterocycles. The third-order valence-corrected chi connectivity index (χ3v) is 4.64. The lowest BCUT2D eigenvalue weighted by Crippen LogP contribution is -2.67. The largest absolute Gasteiger partial charge is 0.394 e. The van der Waals surface area contributed by atoms with Gasteiger partial charge in [-0.3, -0.25) is 4.79 Å². The molecule has 0 radical (unpaired) electrons. The Kier molecular flexibility index (Phi) is 7.30. The molecule has 152 valence electrons. The van der Waals surface area contributed by atoms with Crippen molar-refractivity contribution in [1.82, 2.24) is 5.32 Å². The predicted octanol–water partition coefficient (Wildman–Crippen LogP) is -4.18. The van der Waals surface area contributed by atoms with Crippen molar-refractivity contribution in [1.29, 1.82) is 0 Å². The molecular formula is C15H27NO10. The van der Waals surface area contributed by atoms with E-state index in [1.165, 1.54) is 6.92 Å². The van der Waals surface area contributed by atoms with Crippen LogP contribution in [0.5, 0.6) is 0 Å². The summed E-state index contributed by atoms with van der Waals surface area (Å²) in [6.07, 6.45) is -11.2. The Morgan fingerprint density at radius 1 is 0.962 bits per heavy atom. The number of amides is 1. The second-order valence-corrected chi connectivity index (χ2v) is 6.58. The minimum atomic E-state index is -1.50. The highest BCUT2D eigenvalue weighted by atomic mass is 16.7. The second kappa shape index (κ2) is 8.87. The molecule has 0 aromatic heterocycles. The molecule has 2 heterocycles. The summed E-state index contributed by atoms with van der Waals surface area (Å²) in [6.45, 7) is 1.64. The predicted molar refractivity (Wildman–Crippen MR) is 83.7 cm³/mol. The van der Waals surface area contributed by atoms with Crippen LogP contribution in [0.1, 0.15) is 13.8 Å². The Balaban J connectivity index is 2.18. The number of ether oxygens (including phenoxy) is 3. The molecule has 2 fully saturated rings. The van der Waals surface area contributed by atoms with Crippen molar-refractivity contribution >= 4 is 5.91 Å². The van der Waals surface area contributed by atoms with Crippen molar-refractivity contribution in [3.8, 4) is 0 Å². The standard InChI is InChI=1S/C15H27NO10/c1-5-14(13(23)11(21)7(3-17)24-5)26-15-9(16-6(2)19)12(22)10(20)8(4-18)25-15/h5,7-15,17-18,20-23H,3-4H2,1-2H3,(H,16,19)/t5-,7-,8-,9-,10?,11-,12+,13-,14-,15+/m1/s1. The van der Waals surface area contributed by atoms with Crippen molar-refractivity contribution in [3.05, 3.63) is 0 Å². The molecule has 11 nitrogen and oxygen atoms in total. The molecule has 0 saturated carbocycles. The Morgan fingerprint density at radius 2 is 1.50 bits per heavy atom. The van der Waals surface area contributed by atoms with Gasteiger partial charge in [0.25, 0.3) is 0 Å². The lowest BCUT2D eigenvalue weighted by molar-refractivity contribution is -0.320. The average molecular weight is 381 g/mol. The van der Waals surface area contributed by atoms with E-state index < -0.39 is 80.3 Å². The summed E-state index contributed by atoms with van der Waals surface area (Å²) < 4.78 is 16.5. The van der Waals surface area contributed by atoms with E-state index in [-0.39, 0.29) is 0 Å². The van der Waals surface area contributed by atoms with Crippen LogP contribution in [0.2, 0.25) is 0 Å². The maximum absolute atomic E-state index is 11.4. The summed E-state index contributed by atoms with van der Waals surface area (Å²) in [5.74, 6) is -0.519. The van der Waals surface area contributed by atoms with Gasteiger partial charge >= 0.3 is 0 Å². The van der Waals surface area contributed by atoms with E-state index in [1.807, 2.05) is 0 Å². The number of hydrogen-bond acceptors (Lipinski definition) is 10. The van der Waals surface area contributed by atoms with Crippen LogP contribution in [0, 0.1) is 0 Å². The molecular weight excluding hydrogens is 354 g/mol. The fourth-order valence-electron chi connectivity index (χ4n) is 3.21. The topological polar surface area (TPSA) is 178 Å². The minimum absolute atomic E-state index is 0.499. The summed E-state index contributed by atoms with van der Waals surface area (Å²) in [4.78, 5) is 11.4. The summed E-state index contributed by atoms with van der Waals surface area (Å²) in [6, 6.07) is -1.18. The monoisotopic (exact) mass is 381 g/mol. The number of aliphatic hydroxyl groups excluding tert-OH is 6. The molecule has 0 aromatic rings. The Morgan fingerprint density at radius 3 is 2.04 bits per heavy atom.